The minimum absolute atomic E-state index is 0.0440. The summed E-state index contributed by atoms with van der Waals surface area (Å²) in [5, 5.41) is 2.82. The van der Waals surface area contributed by atoms with Gasteiger partial charge in [-0.2, -0.15) is 0 Å². The molecule has 0 spiro atoms. The molecule has 5 nitrogen and oxygen atoms in total. The number of ether oxygens (including phenoxy) is 2. The van der Waals surface area contributed by atoms with E-state index in [9.17, 15) is 9.59 Å². The molecular formula is C14H17NO4. The summed E-state index contributed by atoms with van der Waals surface area (Å²) in [6.45, 7) is 1.94. The van der Waals surface area contributed by atoms with Gasteiger partial charge in [0.05, 0.1) is 6.61 Å². The number of hydrogen-bond acceptors (Lipinski definition) is 4. The van der Waals surface area contributed by atoms with E-state index < -0.39 is 5.97 Å². The highest BCUT2D eigenvalue weighted by Gasteiger charge is 2.29. The lowest BCUT2D eigenvalue weighted by molar-refractivity contribution is -0.145. The average Bonchev–Trinajstić information content (AvgIpc) is 3.21. The maximum atomic E-state index is 11.6. The Balaban J connectivity index is 1.87. The Kier molecular flexibility index (Phi) is 4.39. The van der Waals surface area contributed by atoms with E-state index in [1.165, 1.54) is 0 Å². The normalized spacial score (nSPS) is 13.7. The predicted molar refractivity (Wildman–Crippen MR) is 69.9 cm³/mol. The van der Waals surface area contributed by atoms with E-state index in [0.29, 0.717) is 18.0 Å². The lowest BCUT2D eigenvalue weighted by Crippen LogP contribution is -2.15. The van der Waals surface area contributed by atoms with Gasteiger partial charge in [-0.05, 0) is 31.9 Å². The Morgan fingerprint density at radius 3 is 2.84 bits per heavy atom. The summed E-state index contributed by atoms with van der Waals surface area (Å²) in [4.78, 5) is 22.8. The van der Waals surface area contributed by atoms with E-state index in [-0.39, 0.29) is 18.4 Å². The number of carbonyl (C=O) groups excluding carboxylic acids is 2. The number of amides is 1. The second-order valence-electron chi connectivity index (χ2n) is 4.39. The molecule has 0 heterocycles. The molecule has 0 saturated heterocycles. The molecule has 1 saturated carbocycles. The van der Waals surface area contributed by atoms with Crippen LogP contribution < -0.4 is 10.1 Å². The molecule has 1 aliphatic rings. The second-order valence-corrected chi connectivity index (χ2v) is 4.39. The third-order valence-electron chi connectivity index (χ3n) is 2.71. The number of hydrogen-bond donors (Lipinski definition) is 1. The van der Waals surface area contributed by atoms with Crippen LogP contribution in [-0.4, -0.2) is 25.1 Å². The molecule has 0 aliphatic heterocycles. The fraction of sp³-hybridized carbons (Fsp3) is 0.429. The predicted octanol–water partition coefficient (Wildman–Crippen LogP) is 1.98. The Morgan fingerprint density at radius 1 is 1.37 bits per heavy atom. The van der Waals surface area contributed by atoms with E-state index in [1.54, 1.807) is 31.2 Å². The van der Waals surface area contributed by atoms with Crippen molar-refractivity contribution in [3.63, 3.8) is 0 Å². The summed E-state index contributed by atoms with van der Waals surface area (Å²) >= 11 is 0. The number of esters is 1. The van der Waals surface area contributed by atoms with Crippen LogP contribution in [0.15, 0.2) is 24.3 Å². The first-order valence-corrected chi connectivity index (χ1v) is 6.38. The highest BCUT2D eigenvalue weighted by Crippen LogP contribution is 2.30. The average molecular weight is 263 g/mol. The number of nitrogens with one attached hydrogen (secondary N) is 1. The van der Waals surface area contributed by atoms with Crippen molar-refractivity contribution < 1.29 is 19.1 Å². The lowest BCUT2D eigenvalue weighted by Gasteiger charge is -2.08. The van der Waals surface area contributed by atoms with Crippen LogP contribution in [0.3, 0.4) is 0 Å². The molecule has 0 bridgehead atoms. The van der Waals surface area contributed by atoms with Crippen LogP contribution in [0, 0.1) is 5.92 Å². The molecule has 19 heavy (non-hydrogen) atoms. The highest BCUT2D eigenvalue weighted by atomic mass is 16.6. The number of carbonyl (C=O) groups is 2. The van der Waals surface area contributed by atoms with Gasteiger partial charge in [0.15, 0.2) is 6.61 Å². The van der Waals surface area contributed by atoms with Gasteiger partial charge in [0, 0.05) is 17.7 Å². The van der Waals surface area contributed by atoms with Crippen LogP contribution in [0.4, 0.5) is 5.69 Å². The summed E-state index contributed by atoms with van der Waals surface area (Å²) in [5.41, 5.74) is 0.679. The van der Waals surface area contributed by atoms with Gasteiger partial charge in [-0.15, -0.1) is 0 Å². The maximum absolute atomic E-state index is 11.6. The lowest BCUT2D eigenvalue weighted by atomic mass is 10.3. The van der Waals surface area contributed by atoms with E-state index in [4.69, 9.17) is 9.47 Å². The van der Waals surface area contributed by atoms with E-state index in [2.05, 4.69) is 5.32 Å². The van der Waals surface area contributed by atoms with Gasteiger partial charge in [-0.3, -0.25) is 4.79 Å². The quantitative estimate of drug-likeness (QED) is 0.797. The van der Waals surface area contributed by atoms with Crippen LogP contribution in [0.1, 0.15) is 19.8 Å². The van der Waals surface area contributed by atoms with Crippen LogP contribution in [-0.2, 0) is 14.3 Å². The summed E-state index contributed by atoms with van der Waals surface area (Å²) in [6.07, 6.45) is 1.93. The Labute approximate surface area is 111 Å². The van der Waals surface area contributed by atoms with Crippen molar-refractivity contribution in [3.8, 4) is 5.75 Å². The van der Waals surface area contributed by atoms with Crippen molar-refractivity contribution in [3.05, 3.63) is 24.3 Å². The highest BCUT2D eigenvalue weighted by molar-refractivity contribution is 5.94. The van der Waals surface area contributed by atoms with Crippen molar-refractivity contribution in [1.82, 2.24) is 0 Å². The third-order valence-corrected chi connectivity index (χ3v) is 2.71. The fourth-order valence-corrected chi connectivity index (χ4v) is 1.60. The van der Waals surface area contributed by atoms with E-state index in [0.717, 1.165) is 12.8 Å². The molecule has 5 heteroatoms. The number of anilines is 1. The van der Waals surface area contributed by atoms with Crippen LogP contribution in [0.5, 0.6) is 5.75 Å². The zero-order valence-electron chi connectivity index (χ0n) is 10.8. The number of benzene rings is 1. The third kappa shape index (κ3) is 4.28. The smallest absolute Gasteiger partial charge is 0.344 e. The molecular weight excluding hydrogens is 246 g/mol. The van der Waals surface area contributed by atoms with Crippen LogP contribution in [0.25, 0.3) is 0 Å². The Morgan fingerprint density at radius 2 is 2.16 bits per heavy atom. The second kappa shape index (κ2) is 6.22. The van der Waals surface area contributed by atoms with Gasteiger partial charge in [0.25, 0.3) is 0 Å². The molecule has 1 amide bonds. The molecule has 102 valence electrons. The van der Waals surface area contributed by atoms with Crippen molar-refractivity contribution in [1.29, 1.82) is 0 Å². The van der Waals surface area contributed by atoms with Crippen LogP contribution in [0.2, 0.25) is 0 Å². The minimum atomic E-state index is -0.407. The van der Waals surface area contributed by atoms with Gasteiger partial charge in [-0.25, -0.2) is 4.79 Å². The first-order valence-electron chi connectivity index (χ1n) is 6.38. The SMILES string of the molecule is CCOC(=O)COc1cccc(NC(=O)C2CC2)c1. The molecule has 1 aromatic rings. The van der Waals surface area contributed by atoms with E-state index >= 15 is 0 Å². The standard InChI is InChI=1S/C14H17NO4/c1-2-18-13(16)9-19-12-5-3-4-11(8-12)15-14(17)10-6-7-10/h3-5,8,10H,2,6-7,9H2,1H3,(H,15,17). The molecule has 0 aromatic heterocycles. The zero-order valence-corrected chi connectivity index (χ0v) is 10.8. The summed E-state index contributed by atoms with van der Waals surface area (Å²) in [6, 6.07) is 6.98. The molecule has 1 aliphatic carbocycles. The summed E-state index contributed by atoms with van der Waals surface area (Å²) in [5.74, 6) is 0.322. The van der Waals surface area contributed by atoms with Crippen molar-refractivity contribution >= 4 is 17.6 Å². The van der Waals surface area contributed by atoms with Crippen molar-refractivity contribution in [2.45, 2.75) is 19.8 Å². The monoisotopic (exact) mass is 263 g/mol. The van der Waals surface area contributed by atoms with Crippen LogP contribution >= 0.6 is 0 Å². The first-order chi connectivity index (χ1) is 9.19. The zero-order chi connectivity index (χ0) is 13.7. The molecule has 1 aromatic carbocycles. The van der Waals surface area contributed by atoms with Gasteiger partial charge in [0.1, 0.15) is 5.75 Å². The molecule has 0 atom stereocenters. The first kappa shape index (κ1) is 13.4. The van der Waals surface area contributed by atoms with Gasteiger partial charge in [0.2, 0.25) is 5.91 Å². The summed E-state index contributed by atoms with van der Waals surface area (Å²) < 4.78 is 10.1. The topological polar surface area (TPSA) is 64.6 Å². The largest absolute Gasteiger partial charge is 0.482 e. The maximum Gasteiger partial charge on any atom is 0.344 e. The summed E-state index contributed by atoms with van der Waals surface area (Å²) in [7, 11) is 0. The molecule has 1 N–H and O–H groups in total. The molecule has 1 fully saturated rings. The minimum Gasteiger partial charge on any atom is -0.482 e. The van der Waals surface area contributed by atoms with E-state index in [1.807, 2.05) is 0 Å². The Hall–Kier alpha value is -2.04. The van der Waals surface area contributed by atoms with Gasteiger partial charge >= 0.3 is 5.97 Å². The van der Waals surface area contributed by atoms with Crippen molar-refractivity contribution in [2.24, 2.45) is 5.92 Å². The molecule has 0 radical (unpaired) electrons. The fourth-order valence-electron chi connectivity index (χ4n) is 1.60. The molecule has 2 rings (SSSR count). The van der Waals surface area contributed by atoms with Crippen molar-refractivity contribution in [2.75, 3.05) is 18.5 Å². The number of rotatable bonds is 6. The van der Waals surface area contributed by atoms with Gasteiger partial charge in [-0.1, -0.05) is 6.07 Å². The molecule has 0 unspecified atom stereocenters. The van der Waals surface area contributed by atoms with Gasteiger partial charge < -0.3 is 14.8 Å². The Bertz CT molecular complexity index is 468.